The van der Waals surface area contributed by atoms with Crippen molar-refractivity contribution in [3.63, 3.8) is 0 Å². The SMILES string of the molecule is CC(C)=CCC/C(C)=C/CC/C(C)=C/CNc1ccc(Cl)c(C=O)c1. The van der Waals surface area contributed by atoms with E-state index in [9.17, 15) is 4.79 Å². The van der Waals surface area contributed by atoms with Crippen LogP contribution in [0, 0.1) is 0 Å². The average molecular weight is 360 g/mol. The van der Waals surface area contributed by atoms with Crippen molar-refractivity contribution in [2.45, 2.75) is 53.4 Å². The van der Waals surface area contributed by atoms with Gasteiger partial charge in [-0.3, -0.25) is 4.79 Å². The summed E-state index contributed by atoms with van der Waals surface area (Å²) in [5.74, 6) is 0. The summed E-state index contributed by atoms with van der Waals surface area (Å²) in [6, 6.07) is 5.40. The number of allylic oxidation sites excluding steroid dienone is 5. The van der Waals surface area contributed by atoms with Gasteiger partial charge in [0.05, 0.1) is 5.02 Å². The van der Waals surface area contributed by atoms with Gasteiger partial charge in [0.2, 0.25) is 0 Å². The molecule has 2 nitrogen and oxygen atoms in total. The molecule has 0 fully saturated rings. The fourth-order valence-corrected chi connectivity index (χ4v) is 2.59. The normalized spacial score (nSPS) is 12.0. The zero-order valence-corrected chi connectivity index (χ0v) is 16.6. The summed E-state index contributed by atoms with van der Waals surface area (Å²) in [6.07, 6.45) is 12.0. The van der Waals surface area contributed by atoms with Gasteiger partial charge in [-0.15, -0.1) is 0 Å². The van der Waals surface area contributed by atoms with E-state index in [1.165, 1.54) is 16.7 Å². The summed E-state index contributed by atoms with van der Waals surface area (Å²) < 4.78 is 0. The maximum Gasteiger partial charge on any atom is 0.151 e. The van der Waals surface area contributed by atoms with Crippen LogP contribution in [0.25, 0.3) is 0 Å². The minimum atomic E-state index is 0.485. The third-order valence-electron chi connectivity index (χ3n) is 4.00. The van der Waals surface area contributed by atoms with Gasteiger partial charge in [0.15, 0.2) is 6.29 Å². The summed E-state index contributed by atoms with van der Waals surface area (Å²) in [6.45, 7) is 9.41. The molecule has 1 aromatic carbocycles. The van der Waals surface area contributed by atoms with Crippen LogP contribution in [0.2, 0.25) is 5.02 Å². The van der Waals surface area contributed by atoms with Crippen molar-refractivity contribution in [2.24, 2.45) is 0 Å². The highest BCUT2D eigenvalue weighted by atomic mass is 35.5. The number of rotatable bonds is 10. The second-order valence-corrected chi connectivity index (χ2v) is 7.10. The lowest BCUT2D eigenvalue weighted by atomic mass is 10.1. The van der Waals surface area contributed by atoms with Crippen LogP contribution in [0.3, 0.4) is 0 Å². The van der Waals surface area contributed by atoms with Crippen LogP contribution < -0.4 is 5.32 Å². The Morgan fingerprint density at radius 1 is 1.00 bits per heavy atom. The lowest BCUT2D eigenvalue weighted by molar-refractivity contribution is 0.112. The molecule has 0 saturated heterocycles. The zero-order chi connectivity index (χ0) is 18.7. The minimum Gasteiger partial charge on any atom is -0.382 e. The largest absolute Gasteiger partial charge is 0.382 e. The molecule has 25 heavy (non-hydrogen) atoms. The third-order valence-corrected chi connectivity index (χ3v) is 4.35. The van der Waals surface area contributed by atoms with Gasteiger partial charge in [-0.25, -0.2) is 0 Å². The first-order valence-electron chi connectivity index (χ1n) is 8.85. The topological polar surface area (TPSA) is 29.1 Å². The van der Waals surface area contributed by atoms with Gasteiger partial charge in [-0.2, -0.15) is 0 Å². The lowest BCUT2D eigenvalue weighted by Gasteiger charge is -2.06. The van der Waals surface area contributed by atoms with E-state index < -0.39 is 0 Å². The van der Waals surface area contributed by atoms with E-state index in [4.69, 9.17) is 11.6 Å². The van der Waals surface area contributed by atoms with Gasteiger partial charge in [0.25, 0.3) is 0 Å². The van der Waals surface area contributed by atoms with Gasteiger partial charge in [-0.05, 0) is 71.6 Å². The van der Waals surface area contributed by atoms with E-state index >= 15 is 0 Å². The van der Waals surface area contributed by atoms with E-state index in [0.29, 0.717) is 10.6 Å². The Morgan fingerprint density at radius 2 is 1.64 bits per heavy atom. The Morgan fingerprint density at radius 3 is 2.28 bits per heavy atom. The van der Waals surface area contributed by atoms with Gasteiger partial charge in [-0.1, -0.05) is 46.5 Å². The van der Waals surface area contributed by atoms with Crippen LogP contribution in [0.4, 0.5) is 5.69 Å². The quantitative estimate of drug-likeness (QED) is 0.360. The molecule has 0 amide bonds. The Kier molecular flexibility index (Phi) is 9.94. The maximum absolute atomic E-state index is 10.9. The predicted molar refractivity (Wildman–Crippen MR) is 111 cm³/mol. The van der Waals surface area contributed by atoms with E-state index in [1.54, 1.807) is 12.1 Å². The van der Waals surface area contributed by atoms with Crippen molar-refractivity contribution in [3.8, 4) is 0 Å². The second-order valence-electron chi connectivity index (χ2n) is 6.69. The second kappa shape index (κ2) is 11.7. The van der Waals surface area contributed by atoms with E-state index in [0.717, 1.165) is 44.2 Å². The molecule has 0 unspecified atom stereocenters. The summed E-state index contributed by atoms with van der Waals surface area (Å²) in [5.41, 5.74) is 5.64. The van der Waals surface area contributed by atoms with Crippen LogP contribution >= 0.6 is 11.6 Å². The molecule has 3 heteroatoms. The smallest absolute Gasteiger partial charge is 0.151 e. The van der Waals surface area contributed by atoms with E-state index in [1.807, 2.05) is 6.07 Å². The maximum atomic E-state index is 10.9. The van der Waals surface area contributed by atoms with Crippen LogP contribution in [0.1, 0.15) is 63.7 Å². The van der Waals surface area contributed by atoms with Crippen molar-refractivity contribution in [1.82, 2.24) is 0 Å². The molecule has 136 valence electrons. The molecule has 0 aliphatic carbocycles. The van der Waals surface area contributed by atoms with Crippen LogP contribution in [0.5, 0.6) is 0 Å². The first kappa shape index (κ1) is 21.2. The monoisotopic (exact) mass is 359 g/mol. The molecule has 0 aliphatic rings. The van der Waals surface area contributed by atoms with Crippen molar-refractivity contribution in [3.05, 3.63) is 63.7 Å². The van der Waals surface area contributed by atoms with Crippen LogP contribution in [-0.2, 0) is 0 Å². The molecular weight excluding hydrogens is 330 g/mol. The van der Waals surface area contributed by atoms with E-state index in [2.05, 4.69) is 51.2 Å². The molecule has 0 spiro atoms. The van der Waals surface area contributed by atoms with E-state index in [-0.39, 0.29) is 0 Å². The Labute approximate surface area is 157 Å². The van der Waals surface area contributed by atoms with Gasteiger partial charge >= 0.3 is 0 Å². The number of hydrogen-bond acceptors (Lipinski definition) is 2. The number of hydrogen-bond donors (Lipinski definition) is 1. The number of carbonyl (C=O) groups excluding carboxylic acids is 1. The standard InChI is InChI=1S/C22H30ClNO/c1-17(2)7-5-8-18(3)9-6-10-19(4)13-14-24-21-11-12-22(23)20(15-21)16-25/h7,9,11-13,15-16,24H,5-6,8,10,14H2,1-4H3/b18-9+,19-13+. The highest BCUT2D eigenvalue weighted by molar-refractivity contribution is 6.33. The molecule has 0 aliphatic heterocycles. The van der Waals surface area contributed by atoms with Gasteiger partial charge in [0, 0.05) is 17.8 Å². The van der Waals surface area contributed by atoms with Crippen molar-refractivity contribution in [2.75, 3.05) is 11.9 Å². The van der Waals surface area contributed by atoms with Gasteiger partial charge in [0.1, 0.15) is 0 Å². The summed E-state index contributed by atoms with van der Waals surface area (Å²) in [7, 11) is 0. The average Bonchev–Trinajstić information content (AvgIpc) is 2.56. The van der Waals surface area contributed by atoms with Crippen molar-refractivity contribution < 1.29 is 4.79 Å². The predicted octanol–water partition coefficient (Wildman–Crippen LogP) is 6.98. The molecule has 1 N–H and O–H groups in total. The van der Waals surface area contributed by atoms with Gasteiger partial charge < -0.3 is 5.32 Å². The third kappa shape index (κ3) is 9.31. The number of carbonyl (C=O) groups is 1. The fourth-order valence-electron chi connectivity index (χ4n) is 2.43. The Bertz CT molecular complexity index is 652. The Hall–Kier alpha value is -1.80. The molecule has 0 atom stereocenters. The summed E-state index contributed by atoms with van der Waals surface area (Å²) in [4.78, 5) is 10.9. The van der Waals surface area contributed by atoms with Crippen LogP contribution in [-0.4, -0.2) is 12.8 Å². The molecule has 0 aromatic heterocycles. The zero-order valence-electron chi connectivity index (χ0n) is 15.9. The lowest BCUT2D eigenvalue weighted by Crippen LogP contribution is -2.00. The molecule has 1 aromatic rings. The molecule has 0 heterocycles. The first-order valence-corrected chi connectivity index (χ1v) is 9.23. The minimum absolute atomic E-state index is 0.485. The molecule has 0 bridgehead atoms. The van der Waals surface area contributed by atoms with Crippen molar-refractivity contribution in [1.29, 1.82) is 0 Å². The molecule has 0 saturated carbocycles. The summed E-state index contributed by atoms with van der Waals surface area (Å²) in [5, 5.41) is 3.78. The van der Waals surface area contributed by atoms with Crippen LogP contribution in [0.15, 0.2) is 53.1 Å². The molecular formula is C22H30ClNO. The number of anilines is 1. The summed E-state index contributed by atoms with van der Waals surface area (Å²) >= 11 is 5.93. The number of benzene rings is 1. The first-order chi connectivity index (χ1) is 11.9. The fraction of sp³-hybridized carbons (Fsp3) is 0.409. The number of halogens is 1. The molecule has 1 rings (SSSR count). The highest BCUT2D eigenvalue weighted by Gasteiger charge is 2.00. The number of aldehydes is 1. The van der Waals surface area contributed by atoms with Crippen molar-refractivity contribution >= 4 is 23.6 Å². The highest BCUT2D eigenvalue weighted by Crippen LogP contribution is 2.19. The Balaban J connectivity index is 2.36. The molecule has 0 radical (unpaired) electrons. The number of nitrogens with one attached hydrogen (secondary N) is 1.